The van der Waals surface area contributed by atoms with Crippen LogP contribution < -0.4 is 16.0 Å². The summed E-state index contributed by atoms with van der Waals surface area (Å²) < 4.78 is 47.5. The molecule has 252 valence electrons. The fourth-order valence-corrected chi connectivity index (χ4v) is 7.28. The van der Waals surface area contributed by atoms with E-state index in [4.69, 9.17) is 33.1 Å². The van der Waals surface area contributed by atoms with E-state index in [1.807, 2.05) is 6.07 Å². The summed E-state index contributed by atoms with van der Waals surface area (Å²) >= 11 is 12.6. The van der Waals surface area contributed by atoms with Gasteiger partial charge in [0.05, 0.1) is 11.1 Å². The molecule has 3 heterocycles. The Bertz CT molecular complexity index is 1460. The lowest BCUT2D eigenvalue weighted by molar-refractivity contribution is -0.192. The van der Waals surface area contributed by atoms with E-state index in [0.717, 1.165) is 37.9 Å². The standard InChI is InChI=1S/C30H37Cl2FN4O2.C2HF3O2/c1-29(2,3)16-19-17-37(28(39)35-14-11-18-9-12-34-13-10-18)26(21-5-4-6-23(32)25(21)33)30(19)22-8-7-20(31)15-24(22)36-27(30)38;3-2(4,5)1(6)7/h4-8,15,18-19,26,34H,9-14,16-17H2,1-3H3,(H,35,39)(H,36,38);(H,6,7)/t19-,26-,30+;/m1./s1. The lowest BCUT2D eigenvalue weighted by Gasteiger charge is -2.38. The molecule has 3 amide bonds. The predicted octanol–water partition coefficient (Wildman–Crippen LogP) is 7.16. The van der Waals surface area contributed by atoms with Gasteiger partial charge in [0.15, 0.2) is 0 Å². The smallest absolute Gasteiger partial charge is 0.475 e. The molecule has 8 nitrogen and oxygen atoms in total. The number of fused-ring (bicyclic) bond motifs is 2. The minimum absolute atomic E-state index is 0.0390. The lowest BCUT2D eigenvalue weighted by Crippen LogP contribution is -2.48. The van der Waals surface area contributed by atoms with Crippen LogP contribution in [0, 0.1) is 23.1 Å². The van der Waals surface area contributed by atoms with Gasteiger partial charge in [-0.25, -0.2) is 14.0 Å². The van der Waals surface area contributed by atoms with Crippen molar-refractivity contribution in [2.45, 2.75) is 64.1 Å². The van der Waals surface area contributed by atoms with Crippen LogP contribution in [0.2, 0.25) is 10.0 Å². The predicted molar refractivity (Wildman–Crippen MR) is 167 cm³/mol. The van der Waals surface area contributed by atoms with Gasteiger partial charge in [0.1, 0.15) is 11.2 Å². The van der Waals surface area contributed by atoms with E-state index in [2.05, 4.69) is 36.7 Å². The number of halogens is 6. The Morgan fingerprint density at radius 2 is 1.76 bits per heavy atom. The van der Waals surface area contributed by atoms with Gasteiger partial charge in [0.2, 0.25) is 5.91 Å². The number of hydrogen-bond acceptors (Lipinski definition) is 4. The molecule has 46 heavy (non-hydrogen) atoms. The molecule has 0 aliphatic carbocycles. The Morgan fingerprint density at radius 3 is 2.37 bits per heavy atom. The van der Waals surface area contributed by atoms with Gasteiger partial charge in [0.25, 0.3) is 0 Å². The molecule has 0 unspecified atom stereocenters. The van der Waals surface area contributed by atoms with Crippen LogP contribution in [0.1, 0.15) is 63.6 Å². The molecule has 2 aromatic rings. The van der Waals surface area contributed by atoms with Crippen molar-refractivity contribution in [2.75, 3.05) is 31.5 Å². The molecule has 0 bridgehead atoms. The number of alkyl halides is 3. The first-order valence-electron chi connectivity index (χ1n) is 15.1. The largest absolute Gasteiger partial charge is 0.490 e. The number of amides is 3. The number of aliphatic carboxylic acids is 1. The Hall–Kier alpha value is -3.09. The molecular formula is C32H38Cl2F4N4O4. The molecule has 1 spiro atoms. The Kier molecular flexibility index (Phi) is 10.8. The van der Waals surface area contributed by atoms with Gasteiger partial charge in [-0.05, 0) is 79.8 Å². The van der Waals surface area contributed by atoms with Gasteiger partial charge in [-0.2, -0.15) is 13.2 Å². The average Bonchev–Trinajstić information content (AvgIpc) is 3.43. The monoisotopic (exact) mass is 688 g/mol. The highest BCUT2D eigenvalue weighted by atomic mass is 35.5. The fourth-order valence-electron chi connectivity index (χ4n) is 6.93. The number of hydrogen-bond donors (Lipinski definition) is 4. The quantitative estimate of drug-likeness (QED) is 0.249. The van der Waals surface area contributed by atoms with Gasteiger partial charge in [0, 0.05) is 29.4 Å². The Morgan fingerprint density at radius 1 is 1.11 bits per heavy atom. The number of urea groups is 1. The molecule has 5 rings (SSSR count). The fraction of sp³-hybridized carbons (Fsp3) is 0.531. The van der Waals surface area contributed by atoms with Crippen molar-refractivity contribution in [2.24, 2.45) is 17.3 Å². The molecule has 0 saturated carbocycles. The number of likely N-dealkylation sites (tertiary alicyclic amines) is 1. The number of benzene rings is 2. The SMILES string of the molecule is CC(C)(C)C[C@@H]1CN(C(=O)NCCC2CCNCC2)[C@H](c2cccc(Cl)c2F)[C@]12C(=O)Nc1cc(Cl)ccc12.O=C(O)C(F)(F)F. The molecule has 14 heteroatoms. The van der Waals surface area contributed by atoms with Crippen molar-refractivity contribution in [3.63, 3.8) is 0 Å². The number of carbonyl (C=O) groups is 3. The summed E-state index contributed by atoms with van der Waals surface area (Å²) in [6.45, 7) is 9.18. The molecule has 0 radical (unpaired) electrons. The van der Waals surface area contributed by atoms with Crippen molar-refractivity contribution in [3.05, 3.63) is 63.4 Å². The van der Waals surface area contributed by atoms with Crippen LogP contribution in [0.15, 0.2) is 36.4 Å². The van der Waals surface area contributed by atoms with Crippen molar-refractivity contribution in [3.8, 4) is 0 Å². The van der Waals surface area contributed by atoms with E-state index in [0.29, 0.717) is 36.1 Å². The highest BCUT2D eigenvalue weighted by Gasteiger charge is 2.65. The zero-order valence-electron chi connectivity index (χ0n) is 25.7. The third kappa shape index (κ3) is 7.55. The Balaban J connectivity index is 0.000000617. The van der Waals surface area contributed by atoms with Crippen molar-refractivity contribution in [1.29, 1.82) is 0 Å². The molecule has 4 N–H and O–H groups in total. The number of carbonyl (C=O) groups excluding carboxylic acids is 2. The number of rotatable bonds is 5. The van der Waals surface area contributed by atoms with Gasteiger partial charge >= 0.3 is 18.2 Å². The second kappa shape index (κ2) is 13.9. The number of nitrogens with zero attached hydrogens (tertiary/aromatic N) is 1. The van der Waals surface area contributed by atoms with E-state index in [-0.39, 0.29) is 33.9 Å². The highest BCUT2D eigenvalue weighted by molar-refractivity contribution is 6.31. The first kappa shape index (κ1) is 35.8. The summed E-state index contributed by atoms with van der Waals surface area (Å²) in [5, 5.41) is 17.1. The second-order valence-electron chi connectivity index (χ2n) is 13.2. The maximum atomic E-state index is 15.8. The van der Waals surface area contributed by atoms with Crippen LogP contribution in [0.5, 0.6) is 0 Å². The molecule has 2 aromatic carbocycles. The van der Waals surface area contributed by atoms with Gasteiger partial charge in [-0.1, -0.05) is 62.2 Å². The van der Waals surface area contributed by atoms with Crippen molar-refractivity contribution in [1.82, 2.24) is 15.5 Å². The molecule has 3 aliphatic rings. The molecule has 0 aromatic heterocycles. The Labute approximate surface area is 275 Å². The third-order valence-electron chi connectivity index (χ3n) is 8.78. The summed E-state index contributed by atoms with van der Waals surface area (Å²) in [6.07, 6.45) is -1.37. The zero-order valence-corrected chi connectivity index (χ0v) is 27.3. The second-order valence-corrected chi connectivity index (χ2v) is 14.0. The van der Waals surface area contributed by atoms with E-state index >= 15 is 4.39 Å². The molecule has 2 fully saturated rings. The van der Waals surface area contributed by atoms with Gasteiger partial charge < -0.3 is 26.0 Å². The van der Waals surface area contributed by atoms with Crippen molar-refractivity contribution < 1.29 is 37.1 Å². The summed E-state index contributed by atoms with van der Waals surface area (Å²) in [6, 6.07) is 8.95. The van der Waals surface area contributed by atoms with E-state index in [9.17, 15) is 22.8 Å². The molecule has 2 saturated heterocycles. The van der Waals surface area contributed by atoms with E-state index < -0.39 is 29.4 Å². The lowest BCUT2D eigenvalue weighted by atomic mass is 9.63. The maximum absolute atomic E-state index is 15.8. The summed E-state index contributed by atoms with van der Waals surface area (Å²) in [7, 11) is 0. The molecule has 3 atom stereocenters. The van der Waals surface area contributed by atoms with Crippen molar-refractivity contribution >= 4 is 46.8 Å². The van der Waals surface area contributed by atoms with Crippen LogP contribution in [0.25, 0.3) is 0 Å². The van der Waals surface area contributed by atoms with Gasteiger partial charge in [-0.15, -0.1) is 0 Å². The normalized spacial score (nSPS) is 23.1. The number of anilines is 1. The molecular weight excluding hydrogens is 651 g/mol. The number of piperidine rings is 1. The summed E-state index contributed by atoms with van der Waals surface area (Å²) in [5.41, 5.74) is 0.231. The third-order valence-corrected chi connectivity index (χ3v) is 9.31. The molecule has 3 aliphatic heterocycles. The maximum Gasteiger partial charge on any atom is 0.490 e. The minimum Gasteiger partial charge on any atom is -0.475 e. The van der Waals surface area contributed by atoms with Gasteiger partial charge in [-0.3, -0.25) is 4.79 Å². The number of carboxylic acids is 1. The van der Waals surface area contributed by atoms with Crippen LogP contribution in [0.3, 0.4) is 0 Å². The zero-order chi connectivity index (χ0) is 34.0. The summed E-state index contributed by atoms with van der Waals surface area (Å²) in [5.74, 6) is -3.32. The average molecular weight is 690 g/mol. The highest BCUT2D eigenvalue weighted by Crippen LogP contribution is 2.60. The first-order chi connectivity index (χ1) is 21.5. The van der Waals surface area contributed by atoms with Crippen LogP contribution in [0.4, 0.5) is 28.0 Å². The van der Waals surface area contributed by atoms with Crippen LogP contribution in [-0.4, -0.2) is 60.3 Å². The number of carboxylic acid groups (broad SMARTS) is 1. The topological polar surface area (TPSA) is 111 Å². The van der Waals surface area contributed by atoms with E-state index in [1.54, 1.807) is 29.2 Å². The van der Waals surface area contributed by atoms with Crippen LogP contribution >= 0.6 is 23.2 Å². The minimum atomic E-state index is -5.08. The van der Waals surface area contributed by atoms with E-state index in [1.165, 1.54) is 6.07 Å². The summed E-state index contributed by atoms with van der Waals surface area (Å²) in [4.78, 5) is 38.6. The number of nitrogens with one attached hydrogen (secondary N) is 3. The first-order valence-corrected chi connectivity index (χ1v) is 15.8. The van der Waals surface area contributed by atoms with Crippen LogP contribution in [-0.2, 0) is 15.0 Å².